The zero-order chi connectivity index (χ0) is 92.0. The molecule has 20 unspecified atom stereocenters. The summed E-state index contributed by atoms with van der Waals surface area (Å²) >= 11 is 0. The molecule has 4 saturated heterocycles. The van der Waals surface area contributed by atoms with E-state index in [-0.39, 0.29) is 104 Å². The van der Waals surface area contributed by atoms with Gasteiger partial charge in [-0.25, -0.2) is 4.99 Å². The minimum atomic E-state index is -5.39. The van der Waals surface area contributed by atoms with Gasteiger partial charge in [0.2, 0.25) is 20.9 Å². The topological polar surface area (TPSA) is 413 Å². The molecule has 5 aliphatic heterocycles. The smallest absolute Gasteiger partial charge is 0.463 e. The van der Waals surface area contributed by atoms with E-state index < -0.39 is 140 Å². The molecule has 0 saturated carbocycles. The fourth-order valence-corrected chi connectivity index (χ4v) is 15.9. The van der Waals surface area contributed by atoms with Crippen LogP contribution < -0.4 is 0 Å². The predicted molar refractivity (Wildman–Crippen MR) is 470 cm³/mol. The number of hydrogen-bond acceptors (Lipinski definition) is 32. The van der Waals surface area contributed by atoms with Crippen molar-refractivity contribution >= 4 is 66.1 Å². The van der Waals surface area contributed by atoms with E-state index in [2.05, 4.69) is 33.1 Å². The lowest BCUT2D eigenvalue weighted by molar-refractivity contribution is -0.282. The zero-order valence-electron chi connectivity index (χ0n) is 74.1. The van der Waals surface area contributed by atoms with Crippen LogP contribution in [0.2, 0.25) is 19.6 Å². The SMILES string of the molecule is C.C.C.C.CC(=O)OCC1OC(OC(C)=O)C(C)C(C)C1OC(C)=O.CC(=O)OCC1OC(OCCCCCOCc2ccccc2)C(C)C(C)C1OC(C)=O.CC(=O)OCC1OC2OC(C)=NC2C(C)C1OC(C)=O.CC1C(OCCCCCOCc2ccccc2)OC(CO)C(O)C1O.C[Si](C)(C)OS(=O)(=O)C(F)(F)F.OCCCCCOCc1ccccc1. The van der Waals surface area contributed by atoms with Gasteiger partial charge < -0.3 is 105 Å². The van der Waals surface area contributed by atoms with Crippen LogP contribution >= 0.6 is 0 Å². The van der Waals surface area contributed by atoms with Crippen LogP contribution in [0.25, 0.3) is 0 Å². The number of aliphatic imine (C=N–C) groups is 1. The molecule has 0 aromatic heterocycles. The first-order chi connectivity index (χ1) is 58.0. The highest BCUT2D eigenvalue weighted by molar-refractivity contribution is 7.88. The number of nitrogens with zero attached hydrogens (tertiary/aromatic N) is 1. The molecule has 3 aromatic rings. The van der Waals surface area contributed by atoms with Gasteiger partial charge in [0.15, 0.2) is 18.5 Å². The molecule has 0 aliphatic carbocycles. The van der Waals surface area contributed by atoms with Crippen molar-refractivity contribution in [1.82, 2.24) is 0 Å². The molecule has 127 heavy (non-hydrogen) atoms. The Balaban J connectivity index is 0. The lowest BCUT2D eigenvalue weighted by Crippen LogP contribution is -2.55. The molecule has 4 N–H and O–H groups in total. The van der Waals surface area contributed by atoms with Crippen molar-refractivity contribution in [3.63, 3.8) is 0 Å². The number of halogens is 3. The number of aliphatic hydroxyl groups excluding tert-OH is 4. The normalized spacial score (nSPS) is 25.6. The maximum atomic E-state index is 11.7. The Morgan fingerprint density at radius 1 is 0.425 bits per heavy atom. The molecular formula is C90H150F3NO31SSi. The lowest BCUT2D eigenvalue weighted by Gasteiger charge is -2.43. The second-order valence-electron chi connectivity index (χ2n) is 31.3. The van der Waals surface area contributed by atoms with Crippen molar-refractivity contribution in [1.29, 1.82) is 0 Å². The summed E-state index contributed by atoms with van der Waals surface area (Å²) in [4.78, 5) is 82.6. The molecule has 8 rings (SSSR count). The number of unbranched alkanes of at least 4 members (excludes halogenated alkanes) is 6. The Morgan fingerprint density at radius 2 is 0.756 bits per heavy atom. The maximum Gasteiger partial charge on any atom is 0.522 e. The maximum absolute atomic E-state index is 11.7. The standard InChI is InChI=1S/C24H36O7.C19H30O6.C14H22O7.C13H19NO6.C12H18O2.C4H9F3O3SSi.4CH4/c1-17-18(2)24(31-22(16-29-19(3)25)23(17)30-20(4)26)28-14-10-6-9-13-27-15-21-11-7-5-8-12-21;1-14-17(21)18(22)16(12-20)25-19(14)24-11-7-3-6-10-23-13-15-8-4-2-5-9-15;1-7-8(2)14(20-11(5)17)21-12(6-18-9(3)15)13(7)19-10(4)16;1-6-11-13(18-7(2)14-11)20-10(5-17-8(3)15)12(6)19-9(4)16;13-9-5-2-6-10-14-11-12-7-3-1-4-8-12;1-12(2,3)10-11(8,9)4(5,6)7;;;;/h5,7-8,11-12,17-18,22-24H,6,9-10,13-16H2,1-4H3;2,4-5,8-9,14,16-22H,3,6-7,10-13H2,1H3;7-8,12-14H,6H2,1-5H3;6,10-13H,5H2,1-4H3;1,3-4,7-8,13H,2,5-6,9-11H2;1-3H3;4*1H4. The van der Waals surface area contributed by atoms with Crippen molar-refractivity contribution in [2.75, 3.05) is 66.1 Å². The Morgan fingerprint density at radius 3 is 1.09 bits per heavy atom. The van der Waals surface area contributed by atoms with Crippen molar-refractivity contribution in [3.05, 3.63) is 108 Å². The molecule has 0 amide bonds. The largest absolute Gasteiger partial charge is 0.522 e. The van der Waals surface area contributed by atoms with E-state index in [1.54, 1.807) is 13.8 Å². The molecule has 3 aromatic carbocycles. The fraction of sp³-hybridized carbons (Fsp3) is 0.711. The summed E-state index contributed by atoms with van der Waals surface area (Å²) < 4.78 is 153. The third-order valence-electron chi connectivity index (χ3n) is 19.6. The summed E-state index contributed by atoms with van der Waals surface area (Å²) in [5.41, 5.74) is -1.74. The zero-order valence-corrected chi connectivity index (χ0v) is 75.9. The third kappa shape index (κ3) is 48.5. The van der Waals surface area contributed by atoms with Gasteiger partial charge >= 0.3 is 57.4 Å². The summed E-state index contributed by atoms with van der Waals surface area (Å²) in [6.45, 7) is 31.7. The first-order valence-corrected chi connectivity index (χ1v) is 46.4. The minimum Gasteiger partial charge on any atom is -0.463 e. The van der Waals surface area contributed by atoms with Crippen molar-refractivity contribution in [2.24, 2.45) is 40.5 Å². The Hall–Kier alpha value is -7.18. The quantitative estimate of drug-likeness (QED) is 0.0136. The number of hydrogen-bond donors (Lipinski definition) is 4. The third-order valence-corrected chi connectivity index (χ3v) is 23.1. The van der Waals surface area contributed by atoms with Gasteiger partial charge in [-0.2, -0.15) is 21.6 Å². The van der Waals surface area contributed by atoms with Crippen LogP contribution in [0.15, 0.2) is 96.0 Å². The van der Waals surface area contributed by atoms with E-state index in [0.717, 1.165) is 71.0 Å². The average molecular weight is 1860 g/mol. The van der Waals surface area contributed by atoms with Gasteiger partial charge in [0, 0.05) is 131 Å². The van der Waals surface area contributed by atoms with E-state index in [4.69, 9.17) is 85.6 Å². The summed E-state index contributed by atoms with van der Waals surface area (Å²) in [6.07, 6.45) is 0.134. The number of ether oxygens (including phenoxy) is 17. The molecule has 0 spiro atoms. The van der Waals surface area contributed by atoms with E-state index >= 15 is 0 Å². The summed E-state index contributed by atoms with van der Waals surface area (Å²) in [5.74, 6) is -3.09. The molecule has 5 aliphatic rings. The van der Waals surface area contributed by atoms with Gasteiger partial charge in [0.1, 0.15) is 74.7 Å². The molecule has 4 fully saturated rings. The number of carbonyl (C=O) groups is 7. The first-order valence-electron chi connectivity index (χ1n) is 41.6. The first kappa shape index (κ1) is 122. The molecular weight excluding hydrogens is 1710 g/mol. The molecule has 732 valence electrons. The van der Waals surface area contributed by atoms with Gasteiger partial charge in [-0.05, 0) is 94.1 Å². The van der Waals surface area contributed by atoms with Crippen LogP contribution in [-0.4, -0.2) is 243 Å². The molecule has 32 nitrogen and oxygen atoms in total. The van der Waals surface area contributed by atoms with Crippen LogP contribution in [0.4, 0.5) is 13.2 Å². The van der Waals surface area contributed by atoms with Gasteiger partial charge in [-0.15, -0.1) is 0 Å². The Kier molecular flexibility index (Phi) is 62.0. The number of fused-ring (bicyclic) bond motifs is 1. The van der Waals surface area contributed by atoms with Gasteiger partial charge in [-0.3, -0.25) is 33.6 Å². The number of esters is 7. The fourth-order valence-electron chi connectivity index (χ4n) is 12.9. The number of benzene rings is 3. The number of rotatable bonds is 38. The molecule has 20 atom stereocenters. The van der Waals surface area contributed by atoms with E-state index in [0.29, 0.717) is 52.1 Å². The van der Waals surface area contributed by atoms with Crippen LogP contribution in [0.1, 0.15) is 201 Å². The number of alkyl halides is 3. The second-order valence-corrected chi connectivity index (χ2v) is 37.6. The van der Waals surface area contributed by atoms with Crippen molar-refractivity contribution in [3.8, 4) is 0 Å². The molecule has 37 heteroatoms. The lowest BCUT2D eigenvalue weighted by atomic mass is 9.84. The van der Waals surface area contributed by atoms with Crippen molar-refractivity contribution < 1.29 is 160 Å². The summed E-state index contributed by atoms with van der Waals surface area (Å²) in [7, 11) is -8.10. The van der Waals surface area contributed by atoms with Crippen LogP contribution in [-0.2, 0) is 148 Å². The molecule has 0 bridgehead atoms. The van der Waals surface area contributed by atoms with Crippen LogP contribution in [0.3, 0.4) is 0 Å². The van der Waals surface area contributed by atoms with E-state index in [1.807, 2.05) is 101 Å². The second kappa shape index (κ2) is 64.6. The van der Waals surface area contributed by atoms with Gasteiger partial charge in [0.05, 0.1) is 32.5 Å². The number of carbonyl (C=O) groups excluding carboxylic acids is 7. The predicted octanol–water partition coefficient (Wildman–Crippen LogP) is 13.6. The number of aliphatic hydroxyl groups is 4. The minimum absolute atomic E-state index is 0. The van der Waals surface area contributed by atoms with Crippen LogP contribution in [0.5, 0.6) is 0 Å². The van der Waals surface area contributed by atoms with E-state index in [9.17, 15) is 70.5 Å². The van der Waals surface area contributed by atoms with Crippen LogP contribution in [0, 0.1) is 35.5 Å². The highest BCUT2D eigenvalue weighted by Crippen LogP contribution is 2.38. The molecule has 0 radical (unpaired) electrons. The highest BCUT2D eigenvalue weighted by Gasteiger charge is 2.52. The van der Waals surface area contributed by atoms with Gasteiger partial charge in [-0.1, -0.05) is 162 Å². The Bertz CT molecular complexity index is 3650. The Labute approximate surface area is 752 Å². The van der Waals surface area contributed by atoms with E-state index in [1.165, 1.54) is 84.8 Å². The monoisotopic (exact) mass is 1860 g/mol. The highest BCUT2D eigenvalue weighted by atomic mass is 32.2. The van der Waals surface area contributed by atoms with Crippen molar-refractivity contribution in [2.45, 2.75) is 316 Å². The molecule has 5 heterocycles. The average Bonchev–Trinajstić information content (AvgIpc) is 1.67. The summed E-state index contributed by atoms with van der Waals surface area (Å²) in [6, 6.07) is 30.2. The van der Waals surface area contributed by atoms with Gasteiger partial charge in [0.25, 0.3) is 0 Å². The summed E-state index contributed by atoms with van der Waals surface area (Å²) in [5, 5.41) is 37.5.